The second kappa shape index (κ2) is 8.69. The summed E-state index contributed by atoms with van der Waals surface area (Å²) < 4.78 is 22.6. The number of nitrogens with two attached hydrogens (primary N) is 1. The smallest absolute Gasteiger partial charge is 0.261 e. The fourth-order valence-corrected chi connectivity index (χ4v) is 5.01. The summed E-state index contributed by atoms with van der Waals surface area (Å²) in [5.41, 5.74) is 8.20. The van der Waals surface area contributed by atoms with Crippen molar-refractivity contribution in [1.29, 1.82) is 0 Å². The van der Waals surface area contributed by atoms with Gasteiger partial charge in [0.05, 0.1) is 11.4 Å². The molecule has 8 nitrogen and oxygen atoms in total. The fraction of sp³-hybridized carbons (Fsp3) is 0.273. The number of aromatic nitrogens is 4. The molecule has 1 amide bonds. The highest BCUT2D eigenvalue weighted by molar-refractivity contribution is 7.16. The fourth-order valence-electron chi connectivity index (χ4n) is 4.07. The number of aryl methyl sites for hydroxylation is 1. The Morgan fingerprint density at radius 3 is 3.00 bits per heavy atom. The molecule has 1 aliphatic heterocycles. The first-order chi connectivity index (χ1) is 16.0. The molecule has 0 aliphatic carbocycles. The van der Waals surface area contributed by atoms with Crippen molar-refractivity contribution in [3.63, 3.8) is 0 Å². The number of hydrogen-bond acceptors (Lipinski definition) is 7. The number of nitrogens with zero attached hydrogens (tertiary/aromatic N) is 5. The van der Waals surface area contributed by atoms with Crippen molar-refractivity contribution >= 4 is 33.8 Å². The predicted molar refractivity (Wildman–Crippen MR) is 122 cm³/mol. The van der Waals surface area contributed by atoms with Crippen LogP contribution in [-0.2, 0) is 17.8 Å². The molecule has 3 aromatic heterocycles. The van der Waals surface area contributed by atoms with Crippen LogP contribution in [0.2, 0.25) is 5.15 Å². The van der Waals surface area contributed by atoms with Crippen molar-refractivity contribution in [3.05, 3.63) is 75.0 Å². The zero-order chi connectivity index (χ0) is 23.1. The van der Waals surface area contributed by atoms with Crippen molar-refractivity contribution in [2.75, 3.05) is 13.2 Å². The zero-order valence-electron chi connectivity index (χ0n) is 17.7. The quantitative estimate of drug-likeness (QED) is 0.434. The lowest BCUT2D eigenvalue weighted by Crippen LogP contribution is -2.43. The number of pyridine rings is 1. The Balaban J connectivity index is 1.55. The van der Waals surface area contributed by atoms with Crippen molar-refractivity contribution in [2.24, 2.45) is 5.73 Å². The van der Waals surface area contributed by atoms with E-state index in [1.165, 1.54) is 23.6 Å². The van der Waals surface area contributed by atoms with Gasteiger partial charge in [-0.1, -0.05) is 35.1 Å². The molecule has 1 aliphatic rings. The van der Waals surface area contributed by atoms with Gasteiger partial charge in [0, 0.05) is 31.3 Å². The van der Waals surface area contributed by atoms with E-state index in [9.17, 15) is 4.79 Å². The lowest BCUT2D eigenvalue weighted by molar-refractivity contribution is -0.135. The van der Waals surface area contributed by atoms with Crippen molar-refractivity contribution < 1.29 is 13.9 Å². The third-order valence-corrected chi connectivity index (χ3v) is 6.67. The maximum absolute atomic E-state index is 15.3. The summed E-state index contributed by atoms with van der Waals surface area (Å²) in [6.07, 6.45) is 2.07. The third kappa shape index (κ3) is 3.94. The standard InChI is InChI=1S/C22H20ClFN6O2S/c1-12-28-30-20-16(27-22(30)33-12)6-8-29(18(31)11-32-17-3-2-7-26-21(17)23)19(20)14-5-4-13(10-25)9-15(14)24/h2-5,7,9,19H,6,8,10-11,25H2,1H3. The lowest BCUT2D eigenvalue weighted by atomic mass is 9.94. The minimum atomic E-state index is -0.711. The van der Waals surface area contributed by atoms with Crippen LogP contribution in [0.15, 0.2) is 36.5 Å². The van der Waals surface area contributed by atoms with Crippen LogP contribution in [0.1, 0.15) is 33.6 Å². The average molecular weight is 487 g/mol. The monoisotopic (exact) mass is 486 g/mol. The van der Waals surface area contributed by atoms with E-state index in [1.54, 1.807) is 33.7 Å². The minimum Gasteiger partial charge on any atom is -0.481 e. The Bertz CT molecular complexity index is 1360. The molecule has 11 heteroatoms. The first-order valence-electron chi connectivity index (χ1n) is 10.3. The molecule has 0 radical (unpaired) electrons. The number of carbonyl (C=O) groups excluding carboxylic acids is 1. The number of carbonyl (C=O) groups is 1. The Morgan fingerprint density at radius 1 is 1.39 bits per heavy atom. The Labute approximate surface area is 197 Å². The molecule has 4 heterocycles. The van der Waals surface area contributed by atoms with Crippen LogP contribution in [0, 0.1) is 12.7 Å². The summed E-state index contributed by atoms with van der Waals surface area (Å²) in [6, 6.07) is 7.45. The van der Waals surface area contributed by atoms with Crippen LogP contribution in [0.4, 0.5) is 4.39 Å². The van der Waals surface area contributed by atoms with Gasteiger partial charge in [-0.15, -0.1) is 0 Å². The Morgan fingerprint density at radius 2 is 2.24 bits per heavy atom. The number of imidazole rings is 1. The number of halogens is 2. The molecule has 33 heavy (non-hydrogen) atoms. The van der Waals surface area contributed by atoms with Crippen LogP contribution < -0.4 is 10.5 Å². The highest BCUT2D eigenvalue weighted by atomic mass is 35.5. The van der Waals surface area contributed by atoms with E-state index >= 15 is 4.39 Å². The van der Waals surface area contributed by atoms with Gasteiger partial charge in [0.25, 0.3) is 5.91 Å². The van der Waals surface area contributed by atoms with E-state index in [1.807, 2.05) is 6.92 Å². The summed E-state index contributed by atoms with van der Waals surface area (Å²) in [5.74, 6) is -0.441. The van der Waals surface area contributed by atoms with E-state index in [2.05, 4.69) is 10.1 Å². The molecular formula is C22H20ClFN6O2S. The van der Waals surface area contributed by atoms with Gasteiger partial charge in [0.2, 0.25) is 4.96 Å². The van der Waals surface area contributed by atoms with Gasteiger partial charge in [0.15, 0.2) is 17.5 Å². The first kappa shape index (κ1) is 21.7. The normalized spacial score (nSPS) is 15.6. The minimum absolute atomic E-state index is 0.168. The molecule has 2 N–H and O–H groups in total. The summed E-state index contributed by atoms with van der Waals surface area (Å²) >= 11 is 7.50. The molecule has 1 aromatic carbocycles. The molecule has 0 spiro atoms. The number of hydrogen-bond donors (Lipinski definition) is 1. The average Bonchev–Trinajstić information content (AvgIpc) is 3.33. The topological polar surface area (TPSA) is 98.6 Å². The van der Waals surface area contributed by atoms with Gasteiger partial charge in [-0.2, -0.15) is 5.10 Å². The van der Waals surface area contributed by atoms with Gasteiger partial charge in [0.1, 0.15) is 16.9 Å². The molecule has 0 bridgehead atoms. The van der Waals surface area contributed by atoms with Crippen LogP contribution in [0.5, 0.6) is 5.75 Å². The summed E-state index contributed by atoms with van der Waals surface area (Å²) in [6.45, 7) is 2.20. The number of benzene rings is 1. The molecule has 4 aromatic rings. The van der Waals surface area contributed by atoms with Gasteiger partial charge in [-0.3, -0.25) is 4.79 Å². The molecule has 0 fully saturated rings. The van der Waals surface area contributed by atoms with E-state index in [-0.39, 0.29) is 24.2 Å². The van der Waals surface area contributed by atoms with E-state index in [0.29, 0.717) is 40.5 Å². The maximum Gasteiger partial charge on any atom is 0.261 e. The highest BCUT2D eigenvalue weighted by Crippen LogP contribution is 2.38. The van der Waals surface area contributed by atoms with E-state index in [0.717, 1.165) is 10.7 Å². The van der Waals surface area contributed by atoms with E-state index in [4.69, 9.17) is 27.1 Å². The van der Waals surface area contributed by atoms with Crippen molar-refractivity contribution in [3.8, 4) is 5.75 Å². The summed E-state index contributed by atoms with van der Waals surface area (Å²) in [4.78, 5) is 24.3. The largest absolute Gasteiger partial charge is 0.481 e. The molecule has 1 unspecified atom stereocenters. The number of rotatable bonds is 5. The molecular weight excluding hydrogens is 467 g/mol. The Hall–Kier alpha value is -3.08. The number of fused-ring (bicyclic) bond motifs is 3. The van der Waals surface area contributed by atoms with Gasteiger partial charge >= 0.3 is 0 Å². The van der Waals surface area contributed by atoms with Crippen LogP contribution in [-0.4, -0.2) is 43.5 Å². The van der Waals surface area contributed by atoms with Crippen molar-refractivity contribution in [1.82, 2.24) is 24.5 Å². The SMILES string of the molecule is Cc1nn2c3c(nc2s1)CCN(C(=O)COc1cccnc1Cl)C3c1ccc(CN)cc1F. The maximum atomic E-state index is 15.3. The highest BCUT2D eigenvalue weighted by Gasteiger charge is 2.38. The zero-order valence-corrected chi connectivity index (χ0v) is 19.2. The predicted octanol–water partition coefficient (Wildman–Crippen LogP) is 3.30. The Kier molecular flexibility index (Phi) is 5.73. The molecule has 170 valence electrons. The molecule has 0 saturated carbocycles. The molecule has 1 atom stereocenters. The first-order valence-corrected chi connectivity index (χ1v) is 11.5. The number of ether oxygens (including phenoxy) is 1. The van der Waals surface area contributed by atoms with Gasteiger partial charge in [-0.25, -0.2) is 18.9 Å². The van der Waals surface area contributed by atoms with Crippen LogP contribution in [0.25, 0.3) is 4.96 Å². The van der Waals surface area contributed by atoms with Crippen LogP contribution in [0.3, 0.4) is 0 Å². The van der Waals surface area contributed by atoms with E-state index < -0.39 is 11.9 Å². The second-order valence-corrected chi connectivity index (χ2v) is 9.16. The lowest BCUT2D eigenvalue weighted by Gasteiger charge is -2.35. The van der Waals surface area contributed by atoms with Crippen LogP contribution >= 0.6 is 22.9 Å². The molecule has 0 saturated heterocycles. The number of amides is 1. The summed E-state index contributed by atoms with van der Waals surface area (Å²) in [5, 5.41) is 5.56. The van der Waals surface area contributed by atoms with Gasteiger partial charge < -0.3 is 15.4 Å². The summed E-state index contributed by atoms with van der Waals surface area (Å²) in [7, 11) is 0. The van der Waals surface area contributed by atoms with Crippen molar-refractivity contribution in [2.45, 2.75) is 25.9 Å². The second-order valence-electron chi connectivity index (χ2n) is 7.64. The third-order valence-electron chi connectivity index (χ3n) is 5.57. The van der Waals surface area contributed by atoms with Gasteiger partial charge in [-0.05, 0) is 30.7 Å². The molecule has 5 rings (SSSR count).